The lowest BCUT2D eigenvalue weighted by molar-refractivity contribution is 0.102. The van der Waals surface area contributed by atoms with Crippen LogP contribution in [0.15, 0.2) is 55.1 Å². The van der Waals surface area contributed by atoms with E-state index in [1.54, 1.807) is 55.5 Å². The molecule has 2 rings (SSSR count). The number of benzene rings is 2. The maximum Gasteiger partial charge on any atom is 0.255 e. The van der Waals surface area contributed by atoms with E-state index in [1.807, 2.05) is 0 Å². The maximum absolute atomic E-state index is 12.5. The zero-order valence-corrected chi connectivity index (χ0v) is 15.8. The first-order valence-electron chi connectivity index (χ1n) is 7.92. The summed E-state index contributed by atoms with van der Waals surface area (Å²) >= 11 is 0. The molecule has 0 heterocycles. The molecule has 0 aliphatic heterocycles. The molecule has 6 nitrogen and oxygen atoms in total. The molecule has 0 atom stereocenters. The number of sulfonamides is 1. The molecular formula is C19H22N2O4S. The van der Waals surface area contributed by atoms with Crippen molar-refractivity contribution in [2.75, 3.05) is 29.5 Å². The smallest absolute Gasteiger partial charge is 0.255 e. The third-order valence-electron chi connectivity index (χ3n) is 3.79. The van der Waals surface area contributed by atoms with Crippen LogP contribution in [0.3, 0.4) is 0 Å². The molecule has 138 valence electrons. The average molecular weight is 374 g/mol. The van der Waals surface area contributed by atoms with E-state index in [0.29, 0.717) is 29.3 Å². The summed E-state index contributed by atoms with van der Waals surface area (Å²) in [6, 6.07) is 11.9. The molecule has 7 heteroatoms. The minimum Gasteiger partial charge on any atom is -0.490 e. The number of hydrogen-bond donors (Lipinski definition) is 1. The van der Waals surface area contributed by atoms with Crippen molar-refractivity contribution >= 4 is 27.3 Å². The second-order valence-corrected chi connectivity index (χ2v) is 7.82. The van der Waals surface area contributed by atoms with Crippen molar-refractivity contribution in [3.8, 4) is 5.75 Å². The number of ether oxygens (including phenoxy) is 1. The molecule has 1 amide bonds. The molecular weight excluding hydrogens is 352 g/mol. The van der Waals surface area contributed by atoms with E-state index < -0.39 is 10.0 Å². The Morgan fingerprint density at radius 2 is 1.88 bits per heavy atom. The third-order valence-corrected chi connectivity index (χ3v) is 4.98. The monoisotopic (exact) mass is 374 g/mol. The Morgan fingerprint density at radius 1 is 1.23 bits per heavy atom. The molecule has 1 N–H and O–H groups in total. The van der Waals surface area contributed by atoms with Crippen LogP contribution < -0.4 is 14.4 Å². The fraction of sp³-hybridized carbons (Fsp3) is 0.211. The van der Waals surface area contributed by atoms with Crippen LogP contribution in [0.4, 0.5) is 11.4 Å². The highest BCUT2D eigenvalue weighted by Crippen LogP contribution is 2.23. The van der Waals surface area contributed by atoms with Gasteiger partial charge in [-0.05, 0) is 48.9 Å². The molecule has 0 bridgehead atoms. The van der Waals surface area contributed by atoms with Crippen LogP contribution in [0.1, 0.15) is 15.9 Å². The Labute approximate surface area is 154 Å². The van der Waals surface area contributed by atoms with Gasteiger partial charge in [-0.15, -0.1) is 0 Å². The molecule has 0 aromatic heterocycles. The van der Waals surface area contributed by atoms with Gasteiger partial charge in [0.15, 0.2) is 0 Å². The number of carbonyl (C=O) groups excluding carboxylic acids is 1. The minimum atomic E-state index is -3.41. The highest BCUT2D eigenvalue weighted by atomic mass is 32.2. The Balaban J connectivity index is 2.18. The molecule has 26 heavy (non-hydrogen) atoms. The maximum atomic E-state index is 12.5. The standard InChI is InChI=1S/C19H22N2O4S/c1-5-12-25-17-10-8-16(9-11-17)20-19(22)15-7-6-14(2)18(13-15)21(3)26(4,23)24/h5-11,13H,1,12H2,2-4H3,(H,20,22). The first-order valence-corrected chi connectivity index (χ1v) is 9.77. The Morgan fingerprint density at radius 3 is 2.46 bits per heavy atom. The van der Waals surface area contributed by atoms with Gasteiger partial charge in [0.1, 0.15) is 12.4 Å². The highest BCUT2D eigenvalue weighted by Gasteiger charge is 2.16. The molecule has 0 unspecified atom stereocenters. The van der Waals surface area contributed by atoms with Crippen LogP contribution in [0.25, 0.3) is 0 Å². The second kappa shape index (κ2) is 8.05. The van der Waals surface area contributed by atoms with Crippen LogP contribution in [0, 0.1) is 6.92 Å². The van der Waals surface area contributed by atoms with Crippen LogP contribution in [0.5, 0.6) is 5.75 Å². The molecule has 0 fully saturated rings. The van der Waals surface area contributed by atoms with Crippen LogP contribution in [-0.4, -0.2) is 34.2 Å². The fourth-order valence-electron chi connectivity index (χ4n) is 2.26. The molecule has 0 aliphatic carbocycles. The zero-order valence-electron chi connectivity index (χ0n) is 15.0. The summed E-state index contributed by atoms with van der Waals surface area (Å²) in [5.41, 5.74) is 2.21. The third kappa shape index (κ3) is 4.86. The van der Waals surface area contributed by atoms with Crippen molar-refractivity contribution in [1.29, 1.82) is 0 Å². The van der Waals surface area contributed by atoms with Gasteiger partial charge in [-0.3, -0.25) is 9.10 Å². The van der Waals surface area contributed by atoms with Crippen molar-refractivity contribution in [3.63, 3.8) is 0 Å². The van der Waals surface area contributed by atoms with E-state index >= 15 is 0 Å². The summed E-state index contributed by atoms with van der Waals surface area (Å²) in [5, 5.41) is 2.78. The van der Waals surface area contributed by atoms with Gasteiger partial charge in [-0.1, -0.05) is 18.7 Å². The largest absolute Gasteiger partial charge is 0.490 e. The van der Waals surface area contributed by atoms with E-state index in [-0.39, 0.29) is 5.91 Å². The number of anilines is 2. The van der Waals surface area contributed by atoms with Gasteiger partial charge in [-0.2, -0.15) is 0 Å². The minimum absolute atomic E-state index is 0.326. The molecule has 0 saturated carbocycles. The lowest BCUT2D eigenvalue weighted by Crippen LogP contribution is -2.26. The van der Waals surface area contributed by atoms with Crippen molar-refractivity contribution in [2.45, 2.75) is 6.92 Å². The number of amides is 1. The van der Waals surface area contributed by atoms with Gasteiger partial charge in [0, 0.05) is 18.3 Å². The average Bonchev–Trinajstić information content (AvgIpc) is 2.60. The zero-order chi connectivity index (χ0) is 19.3. The van der Waals surface area contributed by atoms with E-state index in [0.717, 1.165) is 16.1 Å². The molecule has 2 aromatic carbocycles. The van der Waals surface area contributed by atoms with E-state index in [1.165, 1.54) is 7.05 Å². The molecule has 0 radical (unpaired) electrons. The lowest BCUT2D eigenvalue weighted by Gasteiger charge is -2.19. The summed E-state index contributed by atoms with van der Waals surface area (Å²) in [6.07, 6.45) is 2.77. The molecule has 2 aromatic rings. The van der Waals surface area contributed by atoms with Gasteiger partial charge < -0.3 is 10.1 Å². The number of nitrogens with one attached hydrogen (secondary N) is 1. The van der Waals surface area contributed by atoms with Crippen LogP contribution in [-0.2, 0) is 10.0 Å². The molecule has 0 aliphatic rings. The van der Waals surface area contributed by atoms with Crippen molar-refractivity contribution in [3.05, 3.63) is 66.2 Å². The number of rotatable bonds is 7. The predicted molar refractivity (Wildman–Crippen MR) is 105 cm³/mol. The number of aryl methyl sites for hydroxylation is 1. The van der Waals surface area contributed by atoms with Gasteiger partial charge in [-0.25, -0.2) is 8.42 Å². The van der Waals surface area contributed by atoms with E-state index in [9.17, 15) is 13.2 Å². The summed E-state index contributed by atoms with van der Waals surface area (Å²) < 4.78 is 30.1. The first kappa shape index (κ1) is 19.5. The van der Waals surface area contributed by atoms with E-state index in [2.05, 4.69) is 11.9 Å². The summed E-state index contributed by atoms with van der Waals surface area (Å²) in [5.74, 6) is 0.350. The fourth-order valence-corrected chi connectivity index (χ4v) is 2.82. The van der Waals surface area contributed by atoms with Crippen LogP contribution >= 0.6 is 0 Å². The highest BCUT2D eigenvalue weighted by molar-refractivity contribution is 7.92. The summed E-state index contributed by atoms with van der Waals surface area (Å²) in [6.45, 7) is 5.78. The van der Waals surface area contributed by atoms with Gasteiger partial charge in [0.2, 0.25) is 10.0 Å². The van der Waals surface area contributed by atoms with Crippen molar-refractivity contribution in [1.82, 2.24) is 0 Å². The van der Waals surface area contributed by atoms with Gasteiger partial charge in [0.25, 0.3) is 5.91 Å². The van der Waals surface area contributed by atoms with Crippen molar-refractivity contribution < 1.29 is 17.9 Å². The van der Waals surface area contributed by atoms with E-state index in [4.69, 9.17) is 4.74 Å². The normalized spacial score (nSPS) is 10.9. The Hall–Kier alpha value is -2.80. The van der Waals surface area contributed by atoms with Gasteiger partial charge >= 0.3 is 0 Å². The van der Waals surface area contributed by atoms with Gasteiger partial charge in [0.05, 0.1) is 11.9 Å². The second-order valence-electron chi connectivity index (χ2n) is 5.81. The summed E-state index contributed by atoms with van der Waals surface area (Å²) in [7, 11) is -1.95. The first-order chi connectivity index (χ1) is 12.2. The summed E-state index contributed by atoms with van der Waals surface area (Å²) in [4.78, 5) is 12.5. The quantitative estimate of drug-likeness (QED) is 0.755. The Kier molecular flexibility index (Phi) is 6.05. The number of carbonyl (C=O) groups is 1. The number of hydrogen-bond acceptors (Lipinski definition) is 4. The molecule has 0 saturated heterocycles. The topological polar surface area (TPSA) is 75.7 Å². The van der Waals surface area contributed by atoms with Crippen LogP contribution in [0.2, 0.25) is 0 Å². The SMILES string of the molecule is C=CCOc1ccc(NC(=O)c2ccc(C)c(N(C)S(C)(=O)=O)c2)cc1. The number of nitrogens with zero attached hydrogens (tertiary/aromatic N) is 1. The molecule has 0 spiro atoms. The lowest BCUT2D eigenvalue weighted by atomic mass is 10.1. The Bertz CT molecular complexity index is 906. The predicted octanol–water partition coefficient (Wildman–Crippen LogP) is 3.21. The van der Waals surface area contributed by atoms with Crippen molar-refractivity contribution in [2.24, 2.45) is 0 Å².